The van der Waals surface area contributed by atoms with E-state index in [9.17, 15) is 4.79 Å². The fourth-order valence-corrected chi connectivity index (χ4v) is 3.50. The van der Waals surface area contributed by atoms with E-state index in [2.05, 4.69) is 62.3 Å². The second kappa shape index (κ2) is 8.50. The predicted octanol–water partition coefficient (Wildman–Crippen LogP) is 7.04. The van der Waals surface area contributed by atoms with E-state index >= 15 is 0 Å². The Morgan fingerprint density at radius 2 is 1.45 bits per heavy atom. The molecule has 1 nitrogen and oxygen atoms in total. The van der Waals surface area contributed by atoms with Gasteiger partial charge in [-0.05, 0) is 29.6 Å². The Morgan fingerprint density at radius 3 is 1.82 bits per heavy atom. The second-order valence-corrected chi connectivity index (χ2v) is 9.70. The van der Waals surface area contributed by atoms with Gasteiger partial charge in [0.05, 0.1) is 0 Å². The molecule has 0 rings (SSSR count). The van der Waals surface area contributed by atoms with Crippen molar-refractivity contribution in [3.8, 4) is 0 Å². The minimum Gasteiger partial charge on any atom is -0.299 e. The van der Waals surface area contributed by atoms with Crippen molar-refractivity contribution in [1.82, 2.24) is 0 Å². The third kappa shape index (κ3) is 6.84. The average Bonchev–Trinajstić information content (AvgIpc) is 2.35. The molecule has 2 atom stereocenters. The zero-order valence-electron chi connectivity index (χ0n) is 16.9. The summed E-state index contributed by atoms with van der Waals surface area (Å²) in [6.45, 7) is 20.1. The minimum absolute atomic E-state index is 0.0164. The minimum atomic E-state index is -0.228. The molecule has 1 heteroatoms. The van der Waals surface area contributed by atoms with E-state index < -0.39 is 0 Å². The van der Waals surface area contributed by atoms with Crippen LogP contribution in [0.1, 0.15) is 107 Å². The van der Waals surface area contributed by atoms with Crippen molar-refractivity contribution >= 4 is 5.78 Å². The number of rotatable bonds is 9. The fourth-order valence-electron chi connectivity index (χ4n) is 3.50. The van der Waals surface area contributed by atoms with E-state index in [1.165, 1.54) is 25.7 Å². The molecule has 0 aliphatic heterocycles. The van der Waals surface area contributed by atoms with Crippen LogP contribution in [0.15, 0.2) is 0 Å². The number of unbranched alkanes of at least 4 members (excludes halogenated alkanes) is 1. The van der Waals surface area contributed by atoms with Gasteiger partial charge < -0.3 is 0 Å². The maximum absolute atomic E-state index is 13.1. The highest BCUT2D eigenvalue weighted by Crippen LogP contribution is 2.48. The highest BCUT2D eigenvalue weighted by Gasteiger charge is 2.45. The van der Waals surface area contributed by atoms with Crippen LogP contribution in [0.4, 0.5) is 0 Å². The van der Waals surface area contributed by atoms with Crippen LogP contribution in [-0.2, 0) is 4.79 Å². The maximum atomic E-state index is 13.1. The first-order chi connectivity index (χ1) is 9.87. The molecular weight excluding hydrogens is 268 g/mol. The molecule has 0 aromatic carbocycles. The van der Waals surface area contributed by atoms with Gasteiger partial charge in [-0.15, -0.1) is 0 Å². The van der Waals surface area contributed by atoms with E-state index in [0.29, 0.717) is 5.78 Å². The smallest absolute Gasteiger partial charge is 0.139 e. The molecule has 0 aliphatic carbocycles. The lowest BCUT2D eigenvalue weighted by Crippen LogP contribution is -2.43. The van der Waals surface area contributed by atoms with E-state index in [1.54, 1.807) is 0 Å². The molecule has 0 bridgehead atoms. The molecule has 0 radical (unpaired) electrons. The summed E-state index contributed by atoms with van der Waals surface area (Å²) in [5.74, 6) is 1.20. The predicted molar refractivity (Wildman–Crippen MR) is 99.2 cm³/mol. The Kier molecular flexibility index (Phi) is 8.37. The summed E-state index contributed by atoms with van der Waals surface area (Å²) in [4.78, 5) is 13.1. The first-order valence-electron chi connectivity index (χ1n) is 9.40. The van der Waals surface area contributed by atoms with Crippen LogP contribution in [0.5, 0.6) is 0 Å². The molecule has 0 heterocycles. The molecule has 0 aliphatic rings. The number of carbonyl (C=O) groups excluding carboxylic acids is 1. The quantitative estimate of drug-likeness (QED) is 0.446. The molecule has 22 heavy (non-hydrogen) atoms. The van der Waals surface area contributed by atoms with Gasteiger partial charge in [-0.25, -0.2) is 0 Å². The molecular formula is C21H42O. The van der Waals surface area contributed by atoms with Crippen molar-refractivity contribution in [3.63, 3.8) is 0 Å². The Labute approximate surface area is 140 Å². The fraction of sp³-hybridized carbons (Fsp3) is 0.952. The van der Waals surface area contributed by atoms with Gasteiger partial charge in [-0.1, -0.05) is 88.0 Å². The summed E-state index contributed by atoms with van der Waals surface area (Å²) in [5, 5.41) is 0. The van der Waals surface area contributed by atoms with Gasteiger partial charge in [0.15, 0.2) is 0 Å². The van der Waals surface area contributed by atoms with Crippen molar-refractivity contribution in [2.45, 2.75) is 107 Å². The number of hydrogen-bond acceptors (Lipinski definition) is 1. The van der Waals surface area contributed by atoms with Crippen LogP contribution in [0.3, 0.4) is 0 Å². The van der Waals surface area contributed by atoms with Crippen molar-refractivity contribution < 1.29 is 4.79 Å². The number of ketones is 1. The lowest BCUT2D eigenvalue weighted by atomic mass is 9.58. The van der Waals surface area contributed by atoms with Gasteiger partial charge in [0.2, 0.25) is 0 Å². The highest BCUT2D eigenvalue weighted by atomic mass is 16.1. The number of hydrogen-bond donors (Lipinski definition) is 0. The van der Waals surface area contributed by atoms with Crippen LogP contribution in [-0.4, -0.2) is 5.78 Å². The van der Waals surface area contributed by atoms with Gasteiger partial charge in [0.25, 0.3) is 0 Å². The van der Waals surface area contributed by atoms with Gasteiger partial charge in [-0.3, -0.25) is 4.79 Å². The van der Waals surface area contributed by atoms with Gasteiger partial charge >= 0.3 is 0 Å². The van der Waals surface area contributed by atoms with Crippen molar-refractivity contribution in [2.24, 2.45) is 22.2 Å². The Balaban J connectivity index is 4.93. The molecule has 2 unspecified atom stereocenters. The van der Waals surface area contributed by atoms with Crippen molar-refractivity contribution in [2.75, 3.05) is 0 Å². The molecule has 132 valence electrons. The third-order valence-electron chi connectivity index (χ3n) is 5.48. The summed E-state index contributed by atoms with van der Waals surface area (Å²) in [6, 6.07) is 0. The normalized spacial score (nSPS) is 17.1. The maximum Gasteiger partial charge on any atom is 0.139 e. The molecule has 0 aromatic rings. The summed E-state index contributed by atoms with van der Waals surface area (Å²) in [5.41, 5.74) is -0.0269. The monoisotopic (exact) mass is 310 g/mol. The Morgan fingerprint density at radius 1 is 0.909 bits per heavy atom. The summed E-state index contributed by atoms with van der Waals surface area (Å²) in [6.07, 6.45) is 7.84. The Bertz CT molecular complexity index is 329. The molecule has 0 spiro atoms. The Hall–Kier alpha value is -0.330. The molecule has 0 saturated heterocycles. The van der Waals surface area contributed by atoms with Crippen LogP contribution in [0.25, 0.3) is 0 Å². The van der Waals surface area contributed by atoms with Crippen molar-refractivity contribution in [3.05, 3.63) is 0 Å². The SMILES string of the molecule is CCCCC(CC)CCC(=O)C(C)(CC(C)(C)C)C(C)(C)C. The average molecular weight is 311 g/mol. The molecule has 0 fully saturated rings. The lowest BCUT2D eigenvalue weighted by molar-refractivity contribution is -0.136. The van der Waals surface area contributed by atoms with E-state index in [1.807, 2.05) is 0 Å². The van der Waals surface area contributed by atoms with E-state index in [-0.39, 0.29) is 16.2 Å². The van der Waals surface area contributed by atoms with Gasteiger partial charge in [0.1, 0.15) is 5.78 Å². The molecule has 0 N–H and O–H groups in total. The first kappa shape index (κ1) is 21.7. The molecule has 0 saturated carbocycles. The number of Topliss-reactive ketones (excluding diaryl/α,β-unsaturated/α-hetero) is 1. The van der Waals surface area contributed by atoms with Gasteiger partial charge in [0, 0.05) is 11.8 Å². The van der Waals surface area contributed by atoms with E-state index in [0.717, 1.165) is 25.2 Å². The standard InChI is InChI=1S/C21H42O/c1-10-12-13-17(11-2)14-15-18(22)21(9,20(6,7)8)16-19(3,4)5/h17H,10-16H2,1-9H3. The van der Waals surface area contributed by atoms with E-state index in [4.69, 9.17) is 0 Å². The summed E-state index contributed by atoms with van der Waals surface area (Å²) < 4.78 is 0. The number of carbonyl (C=O) groups is 1. The highest BCUT2D eigenvalue weighted by molar-refractivity contribution is 5.85. The zero-order chi connectivity index (χ0) is 17.6. The third-order valence-corrected chi connectivity index (χ3v) is 5.48. The largest absolute Gasteiger partial charge is 0.299 e. The second-order valence-electron chi connectivity index (χ2n) is 9.70. The summed E-state index contributed by atoms with van der Waals surface area (Å²) >= 11 is 0. The summed E-state index contributed by atoms with van der Waals surface area (Å²) in [7, 11) is 0. The van der Waals surface area contributed by atoms with Crippen LogP contribution in [0.2, 0.25) is 0 Å². The van der Waals surface area contributed by atoms with Crippen LogP contribution in [0, 0.1) is 22.2 Å². The van der Waals surface area contributed by atoms with Gasteiger partial charge in [-0.2, -0.15) is 0 Å². The molecule has 0 aromatic heterocycles. The van der Waals surface area contributed by atoms with Crippen LogP contribution >= 0.6 is 0 Å². The topological polar surface area (TPSA) is 17.1 Å². The lowest BCUT2D eigenvalue weighted by Gasteiger charge is -2.44. The van der Waals surface area contributed by atoms with Crippen molar-refractivity contribution in [1.29, 1.82) is 0 Å². The zero-order valence-corrected chi connectivity index (χ0v) is 16.9. The first-order valence-corrected chi connectivity index (χ1v) is 9.40. The van der Waals surface area contributed by atoms with Crippen LogP contribution < -0.4 is 0 Å². The molecule has 0 amide bonds.